The number of hydrogen-bond acceptors (Lipinski definition) is 3. The molecule has 1 atom stereocenters. The van der Waals surface area contributed by atoms with Crippen molar-refractivity contribution in [2.75, 3.05) is 7.05 Å². The van der Waals surface area contributed by atoms with E-state index in [1.54, 1.807) is 11.3 Å². The van der Waals surface area contributed by atoms with E-state index < -0.39 is 0 Å². The molecule has 0 aliphatic carbocycles. The Labute approximate surface area is 112 Å². The van der Waals surface area contributed by atoms with Crippen LogP contribution < -0.4 is 5.32 Å². The van der Waals surface area contributed by atoms with Crippen LogP contribution in [0.5, 0.6) is 0 Å². The molecule has 2 rings (SSSR count). The minimum atomic E-state index is 0.0579. The summed E-state index contributed by atoms with van der Waals surface area (Å²) in [6, 6.07) is 6.02. The molecule has 0 aliphatic heterocycles. The maximum Gasteiger partial charge on any atom is 0.126 e. The van der Waals surface area contributed by atoms with Gasteiger partial charge < -0.3 is 9.73 Å². The topological polar surface area (TPSA) is 25.2 Å². The van der Waals surface area contributed by atoms with Crippen LogP contribution in [0.15, 0.2) is 27.1 Å². The second kappa shape index (κ2) is 4.92. The van der Waals surface area contributed by atoms with E-state index in [4.69, 9.17) is 16.0 Å². The van der Waals surface area contributed by atoms with E-state index in [0.717, 1.165) is 25.2 Å². The van der Waals surface area contributed by atoms with Crippen LogP contribution in [0.1, 0.15) is 22.4 Å². The Morgan fingerprint density at radius 3 is 2.69 bits per heavy atom. The van der Waals surface area contributed by atoms with Crippen molar-refractivity contribution in [2.24, 2.45) is 0 Å². The van der Waals surface area contributed by atoms with Gasteiger partial charge in [-0.15, -0.1) is 11.3 Å². The van der Waals surface area contributed by atoms with Gasteiger partial charge in [-0.2, -0.15) is 0 Å². The van der Waals surface area contributed by atoms with Crippen molar-refractivity contribution in [3.63, 3.8) is 0 Å². The number of furan rings is 1. The van der Waals surface area contributed by atoms with E-state index in [9.17, 15) is 0 Å². The Morgan fingerprint density at radius 2 is 2.25 bits per heavy atom. The van der Waals surface area contributed by atoms with E-state index in [-0.39, 0.29) is 6.04 Å². The van der Waals surface area contributed by atoms with Crippen LogP contribution in [0.2, 0.25) is 4.34 Å². The molecule has 0 fully saturated rings. The summed E-state index contributed by atoms with van der Waals surface area (Å²) in [7, 11) is 1.91. The molecule has 2 aromatic heterocycles. The van der Waals surface area contributed by atoms with Crippen molar-refractivity contribution in [3.8, 4) is 0 Å². The highest BCUT2D eigenvalue weighted by atomic mass is 79.9. The second-order valence-electron chi connectivity index (χ2n) is 3.44. The van der Waals surface area contributed by atoms with E-state index in [2.05, 4.69) is 21.2 Å². The molecular formula is C11H11BrClNOS. The van der Waals surface area contributed by atoms with Crippen molar-refractivity contribution >= 4 is 38.9 Å². The predicted octanol–water partition coefficient (Wildman–Crippen LogP) is 4.37. The van der Waals surface area contributed by atoms with E-state index >= 15 is 0 Å². The van der Waals surface area contributed by atoms with Crippen molar-refractivity contribution in [1.82, 2.24) is 5.32 Å². The Morgan fingerprint density at radius 1 is 1.50 bits per heavy atom. The number of thiophene rings is 1. The third-order valence-corrected chi connectivity index (χ3v) is 4.82. The lowest BCUT2D eigenvalue weighted by atomic mass is 10.2. The molecule has 0 amide bonds. The Hall–Kier alpha value is -0.290. The van der Waals surface area contributed by atoms with Crippen molar-refractivity contribution in [1.29, 1.82) is 0 Å². The summed E-state index contributed by atoms with van der Waals surface area (Å²) in [6.45, 7) is 1.94. The maximum absolute atomic E-state index is 6.04. The van der Waals surface area contributed by atoms with Gasteiger partial charge in [-0.25, -0.2) is 0 Å². The summed E-state index contributed by atoms with van der Waals surface area (Å²) >= 11 is 11.0. The van der Waals surface area contributed by atoms with E-state index in [1.165, 1.54) is 0 Å². The van der Waals surface area contributed by atoms with Crippen LogP contribution in [0.3, 0.4) is 0 Å². The zero-order valence-electron chi connectivity index (χ0n) is 8.88. The van der Waals surface area contributed by atoms with Gasteiger partial charge in [-0.1, -0.05) is 11.6 Å². The first-order valence-corrected chi connectivity index (χ1v) is 6.79. The van der Waals surface area contributed by atoms with Gasteiger partial charge in [0.15, 0.2) is 0 Å². The van der Waals surface area contributed by atoms with Crippen LogP contribution >= 0.6 is 38.9 Å². The average molecular weight is 321 g/mol. The molecule has 0 radical (unpaired) electrons. The summed E-state index contributed by atoms with van der Waals surface area (Å²) in [5, 5.41) is 3.23. The minimum absolute atomic E-state index is 0.0579. The molecule has 0 spiro atoms. The molecule has 1 N–H and O–H groups in total. The summed E-state index contributed by atoms with van der Waals surface area (Å²) in [6.07, 6.45) is 0. The van der Waals surface area contributed by atoms with Gasteiger partial charge in [0.05, 0.1) is 0 Å². The molecule has 1 unspecified atom stereocenters. The van der Waals surface area contributed by atoms with Crippen LogP contribution in [-0.2, 0) is 0 Å². The molecule has 0 bridgehead atoms. The first-order valence-electron chi connectivity index (χ1n) is 4.80. The molecule has 0 aliphatic rings. The van der Waals surface area contributed by atoms with Gasteiger partial charge in [-0.05, 0) is 48.1 Å². The quantitative estimate of drug-likeness (QED) is 0.908. The van der Waals surface area contributed by atoms with Crippen LogP contribution in [-0.4, -0.2) is 7.05 Å². The van der Waals surface area contributed by atoms with E-state index in [1.807, 2.05) is 32.2 Å². The highest BCUT2D eigenvalue weighted by Crippen LogP contribution is 2.37. The Balaban J connectivity index is 2.36. The molecule has 86 valence electrons. The lowest BCUT2D eigenvalue weighted by molar-refractivity contribution is 0.446. The molecular weight excluding hydrogens is 310 g/mol. The lowest BCUT2D eigenvalue weighted by Gasteiger charge is -2.10. The van der Waals surface area contributed by atoms with E-state index in [0.29, 0.717) is 0 Å². The summed E-state index contributed by atoms with van der Waals surface area (Å²) in [4.78, 5) is 1.13. The second-order valence-corrected chi connectivity index (χ2v) is 5.98. The predicted molar refractivity (Wildman–Crippen MR) is 71.4 cm³/mol. The van der Waals surface area contributed by atoms with Crippen LogP contribution in [0.25, 0.3) is 0 Å². The van der Waals surface area contributed by atoms with Crippen LogP contribution in [0, 0.1) is 6.92 Å². The zero-order chi connectivity index (χ0) is 11.7. The smallest absolute Gasteiger partial charge is 0.126 e. The molecule has 2 aromatic rings. The molecule has 0 saturated heterocycles. The van der Waals surface area contributed by atoms with Crippen molar-refractivity contribution in [3.05, 3.63) is 43.4 Å². The van der Waals surface area contributed by atoms with Crippen molar-refractivity contribution < 1.29 is 4.42 Å². The third kappa shape index (κ3) is 2.35. The number of halogens is 2. The third-order valence-electron chi connectivity index (χ3n) is 2.28. The molecule has 2 nitrogen and oxygen atoms in total. The molecule has 0 aromatic carbocycles. The number of nitrogens with one attached hydrogen (secondary N) is 1. The van der Waals surface area contributed by atoms with Gasteiger partial charge >= 0.3 is 0 Å². The number of rotatable bonds is 3. The van der Waals surface area contributed by atoms with Crippen molar-refractivity contribution in [2.45, 2.75) is 13.0 Å². The highest BCUT2D eigenvalue weighted by molar-refractivity contribution is 9.10. The highest BCUT2D eigenvalue weighted by Gasteiger charge is 2.19. The number of aryl methyl sites for hydroxylation is 1. The van der Waals surface area contributed by atoms with Crippen LogP contribution in [0.4, 0.5) is 0 Å². The normalized spacial score (nSPS) is 13.0. The fraction of sp³-hybridized carbons (Fsp3) is 0.273. The molecule has 5 heteroatoms. The summed E-state index contributed by atoms with van der Waals surface area (Å²) in [5.74, 6) is 1.82. The van der Waals surface area contributed by atoms with Gasteiger partial charge in [0.1, 0.15) is 21.9 Å². The largest absolute Gasteiger partial charge is 0.464 e. The zero-order valence-corrected chi connectivity index (χ0v) is 12.0. The van der Waals surface area contributed by atoms with Gasteiger partial charge in [0.2, 0.25) is 0 Å². The maximum atomic E-state index is 6.04. The SMILES string of the molecule is CNC(c1ccc(C)o1)c1cc(Br)c(Cl)s1. The summed E-state index contributed by atoms with van der Waals surface area (Å²) in [5.41, 5.74) is 0. The van der Waals surface area contributed by atoms with Gasteiger partial charge in [-0.3, -0.25) is 0 Å². The Bertz CT molecular complexity index is 474. The van der Waals surface area contributed by atoms with Gasteiger partial charge in [0, 0.05) is 9.35 Å². The first-order chi connectivity index (χ1) is 7.61. The molecule has 2 heterocycles. The first kappa shape index (κ1) is 12.2. The summed E-state index contributed by atoms with van der Waals surface area (Å²) < 4.78 is 7.32. The monoisotopic (exact) mass is 319 g/mol. The average Bonchev–Trinajstić information content (AvgIpc) is 2.77. The standard InChI is InChI=1S/C11H11BrClNOS/c1-6-3-4-8(15-6)10(14-2)9-5-7(12)11(13)16-9/h3-5,10,14H,1-2H3. The van der Waals surface area contributed by atoms with Gasteiger partial charge in [0.25, 0.3) is 0 Å². The lowest BCUT2D eigenvalue weighted by Crippen LogP contribution is -2.15. The fourth-order valence-corrected chi connectivity index (χ4v) is 3.39. The minimum Gasteiger partial charge on any atom is -0.464 e. The Kier molecular flexibility index (Phi) is 3.74. The fourth-order valence-electron chi connectivity index (χ4n) is 1.54. The molecule has 16 heavy (non-hydrogen) atoms. The molecule has 0 saturated carbocycles. The number of hydrogen-bond donors (Lipinski definition) is 1.